The maximum atomic E-state index is 13.4. The van der Waals surface area contributed by atoms with Gasteiger partial charge in [-0.05, 0) is 45.1 Å². The van der Waals surface area contributed by atoms with Crippen molar-refractivity contribution in [3.05, 3.63) is 11.9 Å². The molecule has 1 saturated heterocycles. The van der Waals surface area contributed by atoms with Gasteiger partial charge < -0.3 is 9.30 Å². The molecule has 0 aromatic carbocycles. The molecule has 0 spiro atoms. The molecule has 0 unspecified atom stereocenters. The lowest BCUT2D eigenvalue weighted by molar-refractivity contribution is 0.0952. The Hall–Kier alpha value is -0.920. The van der Waals surface area contributed by atoms with E-state index in [1.807, 2.05) is 10.8 Å². The van der Waals surface area contributed by atoms with Gasteiger partial charge in [0.05, 0.1) is 17.1 Å². The topological polar surface area (TPSA) is 64.4 Å². The van der Waals surface area contributed by atoms with Crippen molar-refractivity contribution >= 4 is 9.84 Å². The highest BCUT2D eigenvalue weighted by atomic mass is 32.2. The molecule has 1 saturated carbocycles. The first-order chi connectivity index (χ1) is 14.1. The van der Waals surface area contributed by atoms with E-state index in [9.17, 15) is 8.42 Å². The molecule has 0 amide bonds. The second-order valence-electron chi connectivity index (χ2n) is 8.74. The summed E-state index contributed by atoms with van der Waals surface area (Å²) >= 11 is 0. The maximum Gasteiger partial charge on any atom is 0.228 e. The fourth-order valence-electron chi connectivity index (χ4n) is 4.88. The zero-order chi connectivity index (χ0) is 20.7. The van der Waals surface area contributed by atoms with Crippen LogP contribution in [-0.4, -0.2) is 54.4 Å². The first kappa shape index (κ1) is 22.8. The highest BCUT2D eigenvalue weighted by molar-refractivity contribution is 7.91. The van der Waals surface area contributed by atoms with E-state index in [1.54, 1.807) is 7.11 Å². The molecule has 0 bridgehead atoms. The van der Waals surface area contributed by atoms with E-state index in [1.165, 1.54) is 19.3 Å². The molecule has 2 heterocycles. The van der Waals surface area contributed by atoms with E-state index >= 15 is 0 Å². The van der Waals surface area contributed by atoms with Gasteiger partial charge in [-0.15, -0.1) is 0 Å². The number of unbranched alkanes of at least 4 members (excludes halogenated alkanes) is 1. The molecule has 6 nitrogen and oxygen atoms in total. The van der Waals surface area contributed by atoms with Crippen LogP contribution < -0.4 is 0 Å². The first-order valence-corrected chi connectivity index (χ1v) is 13.1. The Kier molecular flexibility index (Phi) is 8.57. The van der Waals surface area contributed by atoms with Crippen LogP contribution in [0.4, 0.5) is 0 Å². The Morgan fingerprint density at radius 3 is 2.62 bits per heavy atom. The number of methoxy groups -OCH3 is 1. The van der Waals surface area contributed by atoms with E-state index < -0.39 is 9.84 Å². The van der Waals surface area contributed by atoms with Crippen molar-refractivity contribution in [2.75, 3.05) is 20.3 Å². The lowest BCUT2D eigenvalue weighted by atomic mass is 9.99. The van der Waals surface area contributed by atoms with Gasteiger partial charge >= 0.3 is 0 Å². The highest BCUT2D eigenvalue weighted by Gasteiger charge is 2.34. The first-order valence-electron chi connectivity index (χ1n) is 11.6. The van der Waals surface area contributed by atoms with Gasteiger partial charge in [0, 0.05) is 32.8 Å². The van der Waals surface area contributed by atoms with Gasteiger partial charge in [-0.25, -0.2) is 13.4 Å². The smallest absolute Gasteiger partial charge is 0.228 e. The van der Waals surface area contributed by atoms with Crippen LogP contribution in [0.2, 0.25) is 0 Å². The number of likely N-dealkylation sites (tertiary alicyclic amines) is 1. The summed E-state index contributed by atoms with van der Waals surface area (Å²) in [5.74, 6) is 0. The van der Waals surface area contributed by atoms with E-state index in [0.717, 1.165) is 83.3 Å². The van der Waals surface area contributed by atoms with Gasteiger partial charge in [-0.3, -0.25) is 4.90 Å². The van der Waals surface area contributed by atoms with Gasteiger partial charge in [0.15, 0.2) is 0 Å². The molecule has 1 aromatic heterocycles. The summed E-state index contributed by atoms with van der Waals surface area (Å²) in [5.41, 5.74) is 1.05. The molecule has 1 aliphatic carbocycles. The summed E-state index contributed by atoms with van der Waals surface area (Å²) in [6.45, 7) is 5.52. The second kappa shape index (κ2) is 10.9. The molecule has 166 valence electrons. The zero-order valence-corrected chi connectivity index (χ0v) is 19.1. The zero-order valence-electron chi connectivity index (χ0n) is 18.3. The van der Waals surface area contributed by atoms with E-state index in [4.69, 9.17) is 4.74 Å². The molecule has 3 rings (SSSR count). The molecule has 1 aromatic rings. The quantitative estimate of drug-likeness (QED) is 0.563. The summed E-state index contributed by atoms with van der Waals surface area (Å²) in [7, 11) is -1.60. The Morgan fingerprint density at radius 1 is 1.14 bits per heavy atom. The highest BCUT2D eigenvalue weighted by Crippen LogP contribution is 2.30. The Balaban J connectivity index is 1.83. The lowest BCUT2D eigenvalue weighted by Gasteiger charge is -2.35. The summed E-state index contributed by atoms with van der Waals surface area (Å²) in [5, 5.41) is 0.0645. The third-order valence-electron chi connectivity index (χ3n) is 6.65. The lowest BCUT2D eigenvalue weighted by Crippen LogP contribution is -2.40. The monoisotopic (exact) mass is 425 g/mol. The Morgan fingerprint density at radius 2 is 1.90 bits per heavy atom. The summed E-state index contributed by atoms with van der Waals surface area (Å²) in [4.78, 5) is 7.01. The van der Waals surface area contributed by atoms with Crippen molar-refractivity contribution in [1.82, 2.24) is 14.5 Å². The Labute approximate surface area is 176 Å². The molecule has 0 N–H and O–H groups in total. The van der Waals surface area contributed by atoms with Gasteiger partial charge in [0.25, 0.3) is 0 Å². The van der Waals surface area contributed by atoms with Crippen molar-refractivity contribution in [3.8, 4) is 0 Å². The molecule has 2 fully saturated rings. The summed E-state index contributed by atoms with van der Waals surface area (Å²) in [6, 6.07) is 0.511. The van der Waals surface area contributed by atoms with Gasteiger partial charge in [0.1, 0.15) is 0 Å². The van der Waals surface area contributed by atoms with Crippen LogP contribution in [0.5, 0.6) is 0 Å². The minimum atomic E-state index is -3.36. The van der Waals surface area contributed by atoms with Crippen LogP contribution >= 0.6 is 0 Å². The largest absolute Gasteiger partial charge is 0.385 e. The minimum Gasteiger partial charge on any atom is -0.385 e. The van der Waals surface area contributed by atoms with Crippen molar-refractivity contribution in [2.45, 2.75) is 107 Å². The molecule has 1 atom stereocenters. The minimum absolute atomic E-state index is 0.253. The number of sulfone groups is 1. The fourth-order valence-corrected chi connectivity index (χ4v) is 6.85. The third kappa shape index (κ3) is 5.61. The SMILES string of the molecule is CCCCn1c(CN2CCCC[C@H]2CCOC)cnc1S(=O)(=O)C1CCCCC1. The van der Waals surface area contributed by atoms with Gasteiger partial charge in [-0.1, -0.05) is 39.0 Å². The van der Waals surface area contributed by atoms with Gasteiger partial charge in [0.2, 0.25) is 15.0 Å². The van der Waals surface area contributed by atoms with Crippen LogP contribution in [-0.2, 0) is 27.7 Å². The van der Waals surface area contributed by atoms with Crippen molar-refractivity contribution < 1.29 is 13.2 Å². The number of hydrogen-bond donors (Lipinski definition) is 0. The number of aromatic nitrogens is 2. The van der Waals surface area contributed by atoms with Crippen LogP contribution in [0.15, 0.2) is 11.4 Å². The number of nitrogens with zero attached hydrogens (tertiary/aromatic N) is 3. The maximum absolute atomic E-state index is 13.4. The van der Waals surface area contributed by atoms with Crippen LogP contribution in [0.1, 0.15) is 83.2 Å². The van der Waals surface area contributed by atoms with Gasteiger partial charge in [-0.2, -0.15) is 0 Å². The molecular weight excluding hydrogens is 386 g/mol. The number of rotatable bonds is 10. The number of imidazole rings is 1. The molecule has 2 aliphatic rings. The fraction of sp³-hybridized carbons (Fsp3) is 0.864. The van der Waals surface area contributed by atoms with Crippen molar-refractivity contribution in [3.63, 3.8) is 0 Å². The van der Waals surface area contributed by atoms with Crippen molar-refractivity contribution in [2.24, 2.45) is 0 Å². The standard InChI is InChI=1S/C22H39N3O3S/c1-3-4-15-25-20(18-24-14-9-8-10-19(24)13-16-28-2)17-23-22(25)29(26,27)21-11-6-5-7-12-21/h17,19,21H,3-16,18H2,1-2H3/t19-/m0/s1. The predicted molar refractivity (Wildman–Crippen MR) is 116 cm³/mol. The molecule has 29 heavy (non-hydrogen) atoms. The van der Waals surface area contributed by atoms with Crippen LogP contribution in [0.25, 0.3) is 0 Å². The molecule has 1 aliphatic heterocycles. The number of hydrogen-bond acceptors (Lipinski definition) is 5. The average Bonchev–Trinajstić information content (AvgIpc) is 3.15. The van der Waals surface area contributed by atoms with Crippen LogP contribution in [0.3, 0.4) is 0 Å². The molecule has 7 heteroatoms. The molecule has 0 radical (unpaired) electrons. The van der Waals surface area contributed by atoms with Crippen molar-refractivity contribution in [1.29, 1.82) is 0 Å². The number of ether oxygens (including phenoxy) is 1. The van der Waals surface area contributed by atoms with E-state index in [2.05, 4.69) is 16.8 Å². The second-order valence-corrected chi connectivity index (χ2v) is 10.9. The third-order valence-corrected chi connectivity index (χ3v) is 8.84. The van der Waals surface area contributed by atoms with E-state index in [-0.39, 0.29) is 5.25 Å². The number of piperidine rings is 1. The average molecular weight is 426 g/mol. The summed E-state index contributed by atoms with van der Waals surface area (Å²) < 4.78 is 34.1. The Bertz CT molecular complexity index is 726. The molecular formula is C22H39N3O3S. The normalized spacial score (nSPS) is 22.2. The van der Waals surface area contributed by atoms with E-state index in [0.29, 0.717) is 11.2 Å². The predicted octanol–water partition coefficient (Wildman–Crippen LogP) is 4.18. The van der Waals surface area contributed by atoms with Crippen LogP contribution in [0, 0.1) is 0 Å². The summed E-state index contributed by atoms with van der Waals surface area (Å²) in [6.07, 6.45) is 13.3.